The molecule has 21 heavy (non-hydrogen) atoms. The molecule has 0 saturated carbocycles. The number of nitriles is 1. The van der Waals surface area contributed by atoms with Crippen LogP contribution in [0.3, 0.4) is 0 Å². The first-order valence-electron chi connectivity index (χ1n) is 6.69. The zero-order valence-electron chi connectivity index (χ0n) is 11.4. The van der Waals surface area contributed by atoms with Gasteiger partial charge in [-0.25, -0.2) is 4.68 Å². The zero-order chi connectivity index (χ0) is 14.5. The summed E-state index contributed by atoms with van der Waals surface area (Å²) in [5.41, 5.74) is 3.64. The average molecular weight is 274 g/mol. The summed E-state index contributed by atoms with van der Waals surface area (Å²) < 4.78 is 1.86. The Kier molecular flexibility index (Phi) is 3.66. The number of benzene rings is 2. The van der Waals surface area contributed by atoms with Gasteiger partial charge in [0, 0.05) is 11.9 Å². The van der Waals surface area contributed by atoms with E-state index in [4.69, 9.17) is 5.26 Å². The Balaban J connectivity index is 1.66. The van der Waals surface area contributed by atoms with Crippen molar-refractivity contribution in [3.8, 4) is 11.8 Å². The molecule has 3 rings (SSSR count). The van der Waals surface area contributed by atoms with Crippen molar-refractivity contribution in [2.24, 2.45) is 0 Å². The average Bonchev–Trinajstić information content (AvgIpc) is 3.03. The predicted octanol–water partition coefficient (Wildman–Crippen LogP) is 3.36. The van der Waals surface area contributed by atoms with E-state index < -0.39 is 0 Å². The first-order valence-corrected chi connectivity index (χ1v) is 6.69. The van der Waals surface area contributed by atoms with E-state index >= 15 is 0 Å². The number of nitrogens with zero attached hydrogens (tertiary/aromatic N) is 3. The van der Waals surface area contributed by atoms with Gasteiger partial charge in [0.15, 0.2) is 0 Å². The molecule has 0 atom stereocenters. The van der Waals surface area contributed by atoms with Crippen LogP contribution in [0.2, 0.25) is 0 Å². The maximum atomic E-state index is 8.76. The molecule has 4 nitrogen and oxygen atoms in total. The quantitative estimate of drug-likeness (QED) is 0.793. The molecular formula is C17H14N4. The van der Waals surface area contributed by atoms with Crippen molar-refractivity contribution in [2.45, 2.75) is 6.54 Å². The van der Waals surface area contributed by atoms with Crippen LogP contribution in [-0.2, 0) is 6.54 Å². The fourth-order valence-corrected chi connectivity index (χ4v) is 2.04. The van der Waals surface area contributed by atoms with Gasteiger partial charge in [-0.2, -0.15) is 10.4 Å². The highest BCUT2D eigenvalue weighted by atomic mass is 15.3. The maximum absolute atomic E-state index is 8.76. The minimum atomic E-state index is 0.645. The van der Waals surface area contributed by atoms with E-state index in [0.717, 1.165) is 17.1 Å². The summed E-state index contributed by atoms with van der Waals surface area (Å²) in [6.45, 7) is 0.645. The highest BCUT2D eigenvalue weighted by Crippen LogP contribution is 2.11. The molecule has 0 unspecified atom stereocenters. The van der Waals surface area contributed by atoms with Crippen molar-refractivity contribution >= 4 is 5.69 Å². The van der Waals surface area contributed by atoms with Crippen LogP contribution in [0.5, 0.6) is 0 Å². The van der Waals surface area contributed by atoms with E-state index in [2.05, 4.69) is 16.5 Å². The molecule has 0 saturated heterocycles. The molecule has 3 aromatic rings. The number of hydrogen-bond donors (Lipinski definition) is 1. The Morgan fingerprint density at radius 3 is 2.48 bits per heavy atom. The molecule has 102 valence electrons. The summed E-state index contributed by atoms with van der Waals surface area (Å²) >= 11 is 0. The lowest BCUT2D eigenvalue weighted by Gasteiger charge is -2.04. The van der Waals surface area contributed by atoms with Gasteiger partial charge in [0.25, 0.3) is 0 Å². The minimum Gasteiger partial charge on any atom is -0.379 e. The molecule has 0 fully saturated rings. The molecule has 1 N–H and O–H groups in total. The minimum absolute atomic E-state index is 0.645. The number of rotatable bonds is 4. The number of para-hydroxylation sites is 1. The summed E-state index contributed by atoms with van der Waals surface area (Å²) in [4.78, 5) is 0. The Hall–Kier alpha value is -3.06. The normalized spacial score (nSPS) is 10.0. The topological polar surface area (TPSA) is 53.6 Å². The van der Waals surface area contributed by atoms with Gasteiger partial charge >= 0.3 is 0 Å². The van der Waals surface area contributed by atoms with Crippen LogP contribution in [0.4, 0.5) is 5.69 Å². The Bertz CT molecular complexity index is 751. The van der Waals surface area contributed by atoms with Gasteiger partial charge in [-0.1, -0.05) is 18.2 Å². The molecule has 0 radical (unpaired) electrons. The van der Waals surface area contributed by atoms with Crippen LogP contribution in [0.1, 0.15) is 11.3 Å². The van der Waals surface area contributed by atoms with Crippen LogP contribution in [0, 0.1) is 11.3 Å². The van der Waals surface area contributed by atoms with E-state index in [9.17, 15) is 0 Å². The Morgan fingerprint density at radius 2 is 1.76 bits per heavy atom. The fraction of sp³-hybridized carbons (Fsp3) is 0.0588. The van der Waals surface area contributed by atoms with Gasteiger partial charge in [-0.15, -0.1) is 0 Å². The van der Waals surface area contributed by atoms with Gasteiger partial charge < -0.3 is 5.32 Å². The van der Waals surface area contributed by atoms with Crippen molar-refractivity contribution < 1.29 is 0 Å². The van der Waals surface area contributed by atoms with Gasteiger partial charge in [0.1, 0.15) is 0 Å². The monoisotopic (exact) mass is 274 g/mol. The first-order chi connectivity index (χ1) is 10.3. The highest BCUT2D eigenvalue weighted by Gasteiger charge is 2.01. The molecule has 1 heterocycles. The lowest BCUT2D eigenvalue weighted by atomic mass is 10.2. The number of hydrogen-bond acceptors (Lipinski definition) is 3. The number of anilines is 1. The van der Waals surface area contributed by atoms with Crippen molar-refractivity contribution in [3.63, 3.8) is 0 Å². The van der Waals surface area contributed by atoms with Gasteiger partial charge in [-0.05, 0) is 42.5 Å². The number of aromatic nitrogens is 2. The smallest absolute Gasteiger partial charge is 0.0991 e. The van der Waals surface area contributed by atoms with Crippen molar-refractivity contribution in [2.75, 3.05) is 5.32 Å². The van der Waals surface area contributed by atoms with Crippen molar-refractivity contribution in [1.29, 1.82) is 5.26 Å². The van der Waals surface area contributed by atoms with Crippen LogP contribution >= 0.6 is 0 Å². The summed E-state index contributed by atoms with van der Waals surface area (Å²) in [5, 5.41) is 16.6. The molecule has 0 aliphatic heterocycles. The third kappa shape index (κ3) is 3.10. The highest BCUT2D eigenvalue weighted by molar-refractivity contribution is 5.47. The SMILES string of the molecule is N#Cc1ccc(NCc2ccn(-c3ccccc3)n2)cc1. The van der Waals surface area contributed by atoms with E-state index in [1.807, 2.05) is 59.4 Å². The van der Waals surface area contributed by atoms with Crippen molar-refractivity contribution in [1.82, 2.24) is 9.78 Å². The van der Waals surface area contributed by atoms with Gasteiger partial charge in [0.05, 0.1) is 29.6 Å². The number of nitrogens with one attached hydrogen (secondary N) is 1. The van der Waals surface area contributed by atoms with Gasteiger partial charge in [0.2, 0.25) is 0 Å². The molecule has 1 aromatic heterocycles. The summed E-state index contributed by atoms with van der Waals surface area (Å²) in [7, 11) is 0. The summed E-state index contributed by atoms with van der Waals surface area (Å²) in [6.07, 6.45) is 1.95. The van der Waals surface area contributed by atoms with E-state index in [1.54, 1.807) is 12.1 Å². The molecule has 0 amide bonds. The maximum Gasteiger partial charge on any atom is 0.0991 e. The van der Waals surface area contributed by atoms with Crippen LogP contribution in [0.25, 0.3) is 5.69 Å². The molecule has 4 heteroatoms. The third-order valence-corrected chi connectivity index (χ3v) is 3.15. The van der Waals surface area contributed by atoms with E-state index in [0.29, 0.717) is 12.1 Å². The molecule has 0 bridgehead atoms. The predicted molar refractivity (Wildman–Crippen MR) is 82.0 cm³/mol. The Labute approximate surface area is 123 Å². The van der Waals surface area contributed by atoms with Crippen LogP contribution in [0.15, 0.2) is 66.9 Å². The lowest BCUT2D eigenvalue weighted by Crippen LogP contribution is -2.02. The van der Waals surface area contributed by atoms with Crippen LogP contribution in [-0.4, -0.2) is 9.78 Å². The van der Waals surface area contributed by atoms with Crippen molar-refractivity contribution in [3.05, 3.63) is 78.1 Å². The van der Waals surface area contributed by atoms with Crippen LogP contribution < -0.4 is 5.32 Å². The summed E-state index contributed by atoms with van der Waals surface area (Å²) in [6, 6.07) is 21.5. The Morgan fingerprint density at radius 1 is 1.00 bits per heavy atom. The molecule has 0 spiro atoms. The summed E-state index contributed by atoms with van der Waals surface area (Å²) in [5.74, 6) is 0. The largest absolute Gasteiger partial charge is 0.379 e. The standard InChI is InChI=1S/C17H14N4/c18-12-14-6-8-15(9-7-14)19-13-16-10-11-21(20-16)17-4-2-1-3-5-17/h1-11,19H,13H2. The molecule has 0 aliphatic rings. The molecule has 2 aromatic carbocycles. The van der Waals surface area contributed by atoms with E-state index in [-0.39, 0.29) is 0 Å². The third-order valence-electron chi connectivity index (χ3n) is 3.15. The lowest BCUT2D eigenvalue weighted by molar-refractivity contribution is 0.844. The second-order valence-electron chi connectivity index (χ2n) is 4.63. The second-order valence-corrected chi connectivity index (χ2v) is 4.63. The second kappa shape index (κ2) is 5.93. The zero-order valence-corrected chi connectivity index (χ0v) is 11.4. The first kappa shape index (κ1) is 12.9. The van der Waals surface area contributed by atoms with Gasteiger partial charge in [-0.3, -0.25) is 0 Å². The van der Waals surface area contributed by atoms with E-state index in [1.165, 1.54) is 0 Å². The molecule has 0 aliphatic carbocycles. The molecular weight excluding hydrogens is 260 g/mol. The fourth-order valence-electron chi connectivity index (χ4n) is 2.04.